The van der Waals surface area contributed by atoms with Crippen LogP contribution in [0.4, 0.5) is 0 Å². The van der Waals surface area contributed by atoms with Crippen LogP contribution in [0.25, 0.3) is 0 Å². The number of ketones is 1. The molecule has 218 valence electrons. The summed E-state index contributed by atoms with van der Waals surface area (Å²) in [6.45, 7) is 5.63. The Bertz CT molecular complexity index is 1100. The average molecular weight is 558 g/mol. The van der Waals surface area contributed by atoms with Gasteiger partial charge in [0.25, 0.3) is 0 Å². The molecule has 1 aromatic carbocycles. The Balaban J connectivity index is 1.63. The van der Waals surface area contributed by atoms with Gasteiger partial charge in [-0.3, -0.25) is 4.79 Å². The molecule has 10 heteroatoms. The maximum absolute atomic E-state index is 13.3. The lowest BCUT2D eigenvalue weighted by atomic mass is 9.86. The van der Waals surface area contributed by atoms with Gasteiger partial charge in [0.05, 0.1) is 49.1 Å². The maximum atomic E-state index is 13.3. The lowest BCUT2D eigenvalue weighted by Crippen LogP contribution is -2.54. The van der Waals surface area contributed by atoms with E-state index in [1.54, 1.807) is 65.3 Å². The first-order chi connectivity index (χ1) is 19.1. The molecule has 0 saturated carbocycles. The standard InChI is InChI=1S/C30H39NO9/c1-29(2)39-26(13-14-31)30(3,40-29)27(38-28(33)19-9-7-6-8-10-19)16-21-12-11-20(32)15-23-24(36-21)17-22(35-5)25(37-23)18-34-4/h6-12,21-27H,13,15-18H2,1-5H3/b12-11-/t21-,22+,23+,24-,25-,26?,27-,30+/m1/s1. The number of esters is 1. The van der Waals surface area contributed by atoms with E-state index >= 15 is 0 Å². The van der Waals surface area contributed by atoms with Gasteiger partial charge in [-0.05, 0) is 39.0 Å². The number of allylic oxidation sites excluding steroid dienone is 1. The topological polar surface area (TPSA) is 123 Å². The van der Waals surface area contributed by atoms with Crippen LogP contribution in [-0.2, 0) is 38.0 Å². The molecular weight excluding hydrogens is 518 g/mol. The summed E-state index contributed by atoms with van der Waals surface area (Å²) < 4.78 is 42.2. The van der Waals surface area contributed by atoms with Gasteiger partial charge in [0.15, 0.2) is 11.6 Å². The summed E-state index contributed by atoms with van der Waals surface area (Å²) in [5, 5.41) is 9.53. The van der Waals surface area contributed by atoms with Crippen LogP contribution in [0.2, 0.25) is 0 Å². The van der Waals surface area contributed by atoms with Gasteiger partial charge in [-0.1, -0.05) is 24.3 Å². The summed E-state index contributed by atoms with van der Waals surface area (Å²) in [6, 6.07) is 10.8. The number of benzene rings is 1. The monoisotopic (exact) mass is 557 g/mol. The highest BCUT2D eigenvalue weighted by atomic mass is 16.8. The molecule has 40 heavy (non-hydrogen) atoms. The second-order valence-corrected chi connectivity index (χ2v) is 11.1. The molecule has 0 bridgehead atoms. The molecule has 0 radical (unpaired) electrons. The maximum Gasteiger partial charge on any atom is 0.338 e. The van der Waals surface area contributed by atoms with E-state index in [1.807, 2.05) is 6.07 Å². The zero-order chi connectivity index (χ0) is 28.9. The van der Waals surface area contributed by atoms with Crippen molar-refractivity contribution in [1.29, 1.82) is 5.26 Å². The smallest absolute Gasteiger partial charge is 0.338 e. The number of fused-ring (bicyclic) bond motifs is 1. The van der Waals surface area contributed by atoms with Crippen LogP contribution >= 0.6 is 0 Å². The van der Waals surface area contributed by atoms with Crippen molar-refractivity contribution >= 4 is 11.8 Å². The van der Waals surface area contributed by atoms with E-state index in [0.29, 0.717) is 18.6 Å². The molecule has 0 spiro atoms. The minimum absolute atomic E-state index is 0.0358. The van der Waals surface area contributed by atoms with Crippen molar-refractivity contribution in [2.45, 2.75) is 101 Å². The molecular formula is C30H39NO9. The number of ether oxygens (including phenoxy) is 7. The zero-order valence-corrected chi connectivity index (χ0v) is 23.7. The normalized spacial score (nSPS) is 35.0. The molecule has 0 amide bonds. The van der Waals surface area contributed by atoms with Crippen LogP contribution in [-0.4, -0.2) is 86.7 Å². The van der Waals surface area contributed by atoms with E-state index in [4.69, 9.17) is 33.2 Å². The zero-order valence-electron chi connectivity index (χ0n) is 23.7. The summed E-state index contributed by atoms with van der Waals surface area (Å²) in [5.41, 5.74) is -0.794. The second-order valence-electron chi connectivity index (χ2n) is 11.1. The van der Waals surface area contributed by atoms with Crippen LogP contribution in [0.3, 0.4) is 0 Å². The molecule has 0 aliphatic carbocycles. The second kappa shape index (κ2) is 12.9. The first-order valence-electron chi connectivity index (χ1n) is 13.6. The largest absolute Gasteiger partial charge is 0.455 e. The number of carbonyl (C=O) groups is 2. The van der Waals surface area contributed by atoms with Crippen LogP contribution in [0.15, 0.2) is 42.5 Å². The minimum Gasteiger partial charge on any atom is -0.455 e. The summed E-state index contributed by atoms with van der Waals surface area (Å²) in [6.07, 6.45) is 0.327. The van der Waals surface area contributed by atoms with Crippen molar-refractivity contribution < 1.29 is 42.7 Å². The van der Waals surface area contributed by atoms with E-state index in [9.17, 15) is 14.9 Å². The fraction of sp³-hybridized carbons (Fsp3) is 0.633. The van der Waals surface area contributed by atoms with E-state index in [1.165, 1.54) is 6.08 Å². The Morgan fingerprint density at radius 1 is 1.15 bits per heavy atom. The molecule has 3 aliphatic rings. The highest BCUT2D eigenvalue weighted by Gasteiger charge is 2.56. The predicted octanol–water partition coefficient (Wildman–Crippen LogP) is 3.53. The first-order valence-corrected chi connectivity index (χ1v) is 13.6. The molecule has 2 fully saturated rings. The Morgan fingerprint density at radius 3 is 2.58 bits per heavy atom. The number of nitrogens with zero attached hydrogens (tertiary/aromatic N) is 1. The summed E-state index contributed by atoms with van der Waals surface area (Å²) >= 11 is 0. The molecule has 2 saturated heterocycles. The number of methoxy groups -OCH3 is 2. The van der Waals surface area contributed by atoms with Crippen molar-refractivity contribution in [2.75, 3.05) is 20.8 Å². The van der Waals surface area contributed by atoms with Crippen molar-refractivity contribution in [3.05, 3.63) is 48.0 Å². The molecule has 10 nitrogen and oxygen atoms in total. The third-order valence-electron chi connectivity index (χ3n) is 7.68. The van der Waals surface area contributed by atoms with Gasteiger partial charge < -0.3 is 33.2 Å². The fourth-order valence-corrected chi connectivity index (χ4v) is 5.76. The number of carbonyl (C=O) groups excluding carboxylic acids is 2. The Hall–Kier alpha value is -2.65. The lowest BCUT2D eigenvalue weighted by molar-refractivity contribution is -0.215. The molecule has 3 aliphatic heterocycles. The quantitative estimate of drug-likeness (QED) is 0.417. The van der Waals surface area contributed by atoms with Crippen LogP contribution in [0, 0.1) is 11.3 Å². The molecule has 8 atom stereocenters. The van der Waals surface area contributed by atoms with Gasteiger partial charge in [-0.25, -0.2) is 4.79 Å². The summed E-state index contributed by atoms with van der Waals surface area (Å²) in [7, 11) is 3.20. The highest BCUT2D eigenvalue weighted by Crippen LogP contribution is 2.43. The number of nitriles is 1. The molecule has 1 unspecified atom stereocenters. The van der Waals surface area contributed by atoms with Crippen molar-refractivity contribution in [3.8, 4) is 6.07 Å². The van der Waals surface area contributed by atoms with E-state index in [2.05, 4.69) is 6.07 Å². The molecule has 3 heterocycles. The van der Waals surface area contributed by atoms with E-state index in [-0.39, 0.29) is 37.3 Å². The Morgan fingerprint density at radius 2 is 1.90 bits per heavy atom. The van der Waals surface area contributed by atoms with Gasteiger partial charge in [0.2, 0.25) is 0 Å². The average Bonchev–Trinajstić information content (AvgIpc) is 3.16. The van der Waals surface area contributed by atoms with Gasteiger partial charge in [0.1, 0.15) is 23.9 Å². The molecule has 4 rings (SSSR count). The third kappa shape index (κ3) is 6.97. The number of rotatable bonds is 9. The number of hydrogen-bond donors (Lipinski definition) is 0. The van der Waals surface area contributed by atoms with Gasteiger partial charge in [0, 0.05) is 33.5 Å². The van der Waals surface area contributed by atoms with Crippen LogP contribution < -0.4 is 0 Å². The van der Waals surface area contributed by atoms with Gasteiger partial charge >= 0.3 is 5.97 Å². The molecule has 0 aromatic heterocycles. The van der Waals surface area contributed by atoms with E-state index < -0.39 is 47.9 Å². The SMILES string of the molecule is COC[C@H]1O[C@H]2CC(=O)/C=C\[C@H](C[C@@H](OC(=O)c3ccccc3)[C@@]3(C)OC(C)(C)OC3CC#N)O[C@@H]2C[C@@H]1OC. The minimum atomic E-state index is -1.17. The highest BCUT2D eigenvalue weighted by molar-refractivity contribution is 5.90. The fourth-order valence-electron chi connectivity index (χ4n) is 5.76. The van der Waals surface area contributed by atoms with E-state index in [0.717, 1.165) is 0 Å². The predicted molar refractivity (Wildman–Crippen MR) is 142 cm³/mol. The summed E-state index contributed by atoms with van der Waals surface area (Å²) in [4.78, 5) is 26.1. The third-order valence-corrected chi connectivity index (χ3v) is 7.68. The van der Waals surface area contributed by atoms with Crippen LogP contribution in [0.5, 0.6) is 0 Å². The number of hydrogen-bond acceptors (Lipinski definition) is 10. The summed E-state index contributed by atoms with van der Waals surface area (Å²) in [5.74, 6) is -1.64. The first kappa shape index (κ1) is 30.3. The Kier molecular flexibility index (Phi) is 9.77. The van der Waals surface area contributed by atoms with Crippen molar-refractivity contribution in [1.82, 2.24) is 0 Å². The van der Waals surface area contributed by atoms with Crippen molar-refractivity contribution in [2.24, 2.45) is 0 Å². The van der Waals surface area contributed by atoms with Crippen molar-refractivity contribution in [3.63, 3.8) is 0 Å². The Labute approximate surface area is 235 Å². The molecule has 1 aromatic rings. The van der Waals surface area contributed by atoms with Crippen LogP contribution in [0.1, 0.15) is 56.8 Å². The van der Waals surface area contributed by atoms with Gasteiger partial charge in [-0.2, -0.15) is 5.26 Å². The molecule has 0 N–H and O–H groups in total. The lowest BCUT2D eigenvalue weighted by Gasteiger charge is -2.43. The van der Waals surface area contributed by atoms with Gasteiger partial charge in [-0.15, -0.1) is 0 Å².